The van der Waals surface area contributed by atoms with Crippen molar-refractivity contribution in [3.8, 4) is 11.1 Å². The first-order chi connectivity index (χ1) is 11.7. The number of halogens is 1. The SMILES string of the molecule is CCN(CC)CCOC(=O)c1cccc2c1-c1ccccc1C2O.[Cl-]. The minimum atomic E-state index is -0.681. The molecule has 1 aliphatic rings. The topological polar surface area (TPSA) is 49.8 Å². The minimum absolute atomic E-state index is 0. The fraction of sp³-hybridized carbons (Fsp3) is 0.350. The minimum Gasteiger partial charge on any atom is -1.00 e. The van der Waals surface area contributed by atoms with Gasteiger partial charge in [-0.3, -0.25) is 0 Å². The van der Waals surface area contributed by atoms with Gasteiger partial charge in [-0.25, -0.2) is 4.79 Å². The van der Waals surface area contributed by atoms with Crippen molar-refractivity contribution in [3.05, 3.63) is 59.2 Å². The number of hydrogen-bond acceptors (Lipinski definition) is 4. The van der Waals surface area contributed by atoms with Crippen molar-refractivity contribution in [1.29, 1.82) is 0 Å². The van der Waals surface area contributed by atoms with Crippen LogP contribution in [-0.2, 0) is 4.74 Å². The lowest BCUT2D eigenvalue weighted by Gasteiger charge is -2.18. The van der Waals surface area contributed by atoms with Crippen LogP contribution in [0.3, 0.4) is 0 Å². The van der Waals surface area contributed by atoms with Gasteiger partial charge in [0.05, 0.1) is 5.56 Å². The Morgan fingerprint density at radius 3 is 2.48 bits per heavy atom. The molecule has 0 saturated heterocycles. The highest BCUT2D eigenvalue weighted by atomic mass is 35.5. The van der Waals surface area contributed by atoms with Gasteiger partial charge in [-0.2, -0.15) is 0 Å². The first-order valence-corrected chi connectivity index (χ1v) is 8.47. The normalized spacial score (nSPS) is 14.6. The van der Waals surface area contributed by atoms with E-state index in [1.54, 1.807) is 12.1 Å². The summed E-state index contributed by atoms with van der Waals surface area (Å²) in [4.78, 5) is 14.8. The maximum atomic E-state index is 12.6. The second-order valence-electron chi connectivity index (χ2n) is 5.92. The Hall–Kier alpha value is -1.88. The second-order valence-corrected chi connectivity index (χ2v) is 5.92. The standard InChI is InChI=1S/C20H23NO3.ClH/c1-3-21(4-2)12-13-24-20(23)17-11-7-10-16-18(17)14-8-5-6-9-15(14)19(16)22;/h5-11,19,22H,3-4,12-13H2,1-2H3;1H/p-1. The Balaban J connectivity index is 0.00000225. The third-order valence-corrected chi connectivity index (χ3v) is 4.67. The molecule has 2 aromatic carbocycles. The van der Waals surface area contributed by atoms with Crippen molar-refractivity contribution in [2.45, 2.75) is 20.0 Å². The summed E-state index contributed by atoms with van der Waals surface area (Å²) in [5.41, 5.74) is 3.85. The number of rotatable bonds is 6. The Kier molecular flexibility index (Phi) is 6.59. The molecule has 2 aromatic rings. The number of esters is 1. The van der Waals surface area contributed by atoms with Crippen molar-refractivity contribution in [3.63, 3.8) is 0 Å². The number of fused-ring (bicyclic) bond motifs is 3. The predicted octanol–water partition coefficient (Wildman–Crippen LogP) is 0.251. The fourth-order valence-corrected chi connectivity index (χ4v) is 3.28. The molecule has 0 heterocycles. The Morgan fingerprint density at radius 1 is 1.08 bits per heavy atom. The summed E-state index contributed by atoms with van der Waals surface area (Å²) in [6.45, 7) is 7.16. The Morgan fingerprint density at radius 2 is 1.76 bits per heavy atom. The molecule has 4 nitrogen and oxygen atoms in total. The van der Waals surface area contributed by atoms with Crippen LogP contribution in [0.25, 0.3) is 11.1 Å². The highest BCUT2D eigenvalue weighted by molar-refractivity contribution is 6.00. The summed E-state index contributed by atoms with van der Waals surface area (Å²) in [5.74, 6) is -0.331. The van der Waals surface area contributed by atoms with Gasteiger partial charge in [0.15, 0.2) is 0 Å². The van der Waals surface area contributed by atoms with Crippen LogP contribution >= 0.6 is 0 Å². The number of hydrogen-bond donors (Lipinski definition) is 1. The fourth-order valence-electron chi connectivity index (χ4n) is 3.28. The molecule has 0 fully saturated rings. The summed E-state index contributed by atoms with van der Waals surface area (Å²) in [6, 6.07) is 13.1. The number of nitrogens with zero attached hydrogens (tertiary/aromatic N) is 1. The lowest BCUT2D eigenvalue weighted by molar-refractivity contribution is -0.0000252. The van der Waals surface area contributed by atoms with Crippen LogP contribution in [0.2, 0.25) is 0 Å². The molecular weight excluding hydrogens is 338 g/mol. The first kappa shape index (κ1) is 19.4. The van der Waals surface area contributed by atoms with E-state index in [9.17, 15) is 9.90 Å². The molecule has 1 aliphatic carbocycles. The number of aliphatic hydroxyl groups excluding tert-OH is 1. The van der Waals surface area contributed by atoms with Crippen molar-refractivity contribution < 1.29 is 27.0 Å². The molecule has 0 aromatic heterocycles. The van der Waals surface area contributed by atoms with Gasteiger partial charge in [0, 0.05) is 12.1 Å². The van der Waals surface area contributed by atoms with Crippen molar-refractivity contribution >= 4 is 5.97 Å². The van der Waals surface area contributed by atoms with E-state index in [0.717, 1.165) is 41.9 Å². The number of likely N-dealkylation sites (N-methyl/N-ethyl adjacent to an activating group) is 1. The monoisotopic (exact) mass is 360 g/mol. The molecule has 0 bridgehead atoms. The van der Waals surface area contributed by atoms with E-state index in [1.807, 2.05) is 30.3 Å². The molecule has 0 spiro atoms. The first-order valence-electron chi connectivity index (χ1n) is 8.47. The Labute approximate surface area is 154 Å². The molecule has 5 heteroatoms. The van der Waals surface area contributed by atoms with E-state index >= 15 is 0 Å². The average molecular weight is 361 g/mol. The summed E-state index contributed by atoms with van der Waals surface area (Å²) >= 11 is 0. The van der Waals surface area contributed by atoms with E-state index in [-0.39, 0.29) is 18.4 Å². The van der Waals surface area contributed by atoms with Crippen LogP contribution in [0, 0.1) is 0 Å². The number of benzene rings is 2. The van der Waals surface area contributed by atoms with Crippen LogP contribution in [0.5, 0.6) is 0 Å². The van der Waals surface area contributed by atoms with Crippen molar-refractivity contribution in [2.75, 3.05) is 26.2 Å². The summed E-state index contributed by atoms with van der Waals surface area (Å²) < 4.78 is 5.48. The summed E-state index contributed by atoms with van der Waals surface area (Å²) in [7, 11) is 0. The van der Waals surface area contributed by atoms with Gasteiger partial charge in [-0.15, -0.1) is 0 Å². The Bertz CT molecular complexity index is 743. The molecule has 0 saturated carbocycles. The highest BCUT2D eigenvalue weighted by Gasteiger charge is 2.30. The van der Waals surface area contributed by atoms with Gasteiger partial charge in [0.25, 0.3) is 0 Å². The maximum Gasteiger partial charge on any atom is 0.338 e. The lowest BCUT2D eigenvalue weighted by atomic mass is 9.99. The van der Waals surface area contributed by atoms with Crippen LogP contribution < -0.4 is 12.4 Å². The van der Waals surface area contributed by atoms with E-state index in [4.69, 9.17) is 4.74 Å². The van der Waals surface area contributed by atoms with E-state index in [2.05, 4.69) is 18.7 Å². The molecule has 1 N–H and O–H groups in total. The molecule has 0 amide bonds. The second kappa shape index (κ2) is 8.48. The van der Waals surface area contributed by atoms with Crippen molar-refractivity contribution in [2.24, 2.45) is 0 Å². The van der Waals surface area contributed by atoms with Crippen LogP contribution in [0.4, 0.5) is 0 Å². The molecule has 0 aliphatic heterocycles. The number of carbonyl (C=O) groups is 1. The van der Waals surface area contributed by atoms with Gasteiger partial charge < -0.3 is 27.2 Å². The van der Waals surface area contributed by atoms with Gasteiger partial charge in [-0.1, -0.05) is 50.2 Å². The zero-order valence-corrected chi connectivity index (χ0v) is 15.3. The van der Waals surface area contributed by atoms with E-state index in [1.165, 1.54) is 0 Å². The van der Waals surface area contributed by atoms with Crippen molar-refractivity contribution in [1.82, 2.24) is 4.90 Å². The van der Waals surface area contributed by atoms with Crippen LogP contribution in [0.15, 0.2) is 42.5 Å². The van der Waals surface area contributed by atoms with Gasteiger partial charge in [-0.05, 0) is 35.8 Å². The van der Waals surface area contributed by atoms with Crippen LogP contribution in [-0.4, -0.2) is 42.2 Å². The zero-order valence-electron chi connectivity index (χ0n) is 14.5. The average Bonchev–Trinajstić information content (AvgIpc) is 2.92. The number of ether oxygens (including phenoxy) is 1. The molecular formula is C20H23ClNO3-. The largest absolute Gasteiger partial charge is 1.00 e. The summed E-state index contributed by atoms with van der Waals surface area (Å²) in [5, 5.41) is 10.5. The van der Waals surface area contributed by atoms with E-state index < -0.39 is 6.10 Å². The highest BCUT2D eigenvalue weighted by Crippen LogP contribution is 2.45. The third-order valence-electron chi connectivity index (χ3n) is 4.67. The smallest absolute Gasteiger partial charge is 0.338 e. The molecule has 1 unspecified atom stereocenters. The maximum absolute atomic E-state index is 12.6. The van der Waals surface area contributed by atoms with Gasteiger partial charge >= 0.3 is 5.97 Å². The third kappa shape index (κ3) is 3.71. The molecule has 1 atom stereocenters. The van der Waals surface area contributed by atoms with Crippen LogP contribution in [0.1, 0.15) is 41.4 Å². The zero-order chi connectivity index (χ0) is 17.1. The molecule has 3 rings (SSSR count). The number of carbonyl (C=O) groups excluding carboxylic acids is 1. The molecule has 25 heavy (non-hydrogen) atoms. The number of aliphatic hydroxyl groups is 1. The quantitative estimate of drug-likeness (QED) is 0.750. The predicted molar refractivity (Wildman–Crippen MR) is 94.0 cm³/mol. The van der Waals surface area contributed by atoms with E-state index in [0.29, 0.717) is 12.2 Å². The lowest BCUT2D eigenvalue weighted by Crippen LogP contribution is -3.00. The molecule has 0 radical (unpaired) electrons. The van der Waals surface area contributed by atoms with Gasteiger partial charge in [0.1, 0.15) is 12.7 Å². The summed E-state index contributed by atoms with van der Waals surface area (Å²) in [6.07, 6.45) is -0.681. The molecule has 134 valence electrons. The van der Waals surface area contributed by atoms with Gasteiger partial charge in [0.2, 0.25) is 0 Å².